The van der Waals surface area contributed by atoms with Gasteiger partial charge in [0, 0.05) is 28.9 Å². The molecule has 0 radical (unpaired) electrons. The number of nitrogens with one attached hydrogen (secondary N) is 2. The highest BCUT2D eigenvalue weighted by Gasteiger charge is 2.42. The van der Waals surface area contributed by atoms with Gasteiger partial charge in [-0.05, 0) is 49.1 Å². The molecule has 1 fully saturated rings. The van der Waals surface area contributed by atoms with Crippen LogP contribution < -0.4 is 10.6 Å². The van der Waals surface area contributed by atoms with Crippen LogP contribution in [0.4, 0.5) is 5.69 Å². The molecule has 6 nitrogen and oxygen atoms in total. The molecule has 0 unspecified atom stereocenters. The van der Waals surface area contributed by atoms with Gasteiger partial charge in [-0.2, -0.15) is 0 Å². The van der Waals surface area contributed by atoms with Crippen molar-refractivity contribution < 1.29 is 14.4 Å². The van der Waals surface area contributed by atoms with Crippen molar-refractivity contribution in [1.82, 2.24) is 10.2 Å². The molecule has 0 atom stereocenters. The maximum atomic E-state index is 13.1. The van der Waals surface area contributed by atoms with Crippen molar-refractivity contribution in [3.8, 4) is 0 Å². The summed E-state index contributed by atoms with van der Waals surface area (Å²) in [5.41, 5.74) is 2.63. The lowest BCUT2D eigenvalue weighted by Crippen LogP contribution is -2.42. The van der Waals surface area contributed by atoms with Gasteiger partial charge in [-0.15, -0.1) is 0 Å². The maximum Gasteiger partial charge on any atom is 0.279 e. The average molecular weight is 486 g/mol. The first-order valence-electron chi connectivity index (χ1n) is 11.0. The zero-order valence-corrected chi connectivity index (χ0v) is 19.8. The molecule has 0 aromatic heterocycles. The van der Waals surface area contributed by atoms with Crippen molar-refractivity contribution in [1.29, 1.82) is 0 Å². The van der Waals surface area contributed by atoms with Crippen LogP contribution in [0.3, 0.4) is 0 Å². The number of imide groups is 1. The number of amides is 3. The molecule has 1 heterocycles. The van der Waals surface area contributed by atoms with Gasteiger partial charge >= 0.3 is 0 Å². The fraction of sp³-hybridized carbons (Fsp3) is 0.320. The highest BCUT2D eigenvalue weighted by molar-refractivity contribution is 6.48. The molecule has 2 aromatic rings. The minimum Gasteiger partial charge on any atom is -0.349 e. The van der Waals surface area contributed by atoms with E-state index in [1.165, 1.54) is 4.90 Å². The molecule has 2 aromatic carbocycles. The molecule has 172 valence electrons. The van der Waals surface area contributed by atoms with E-state index in [1.807, 2.05) is 25.1 Å². The Balaban J connectivity index is 1.49. The monoisotopic (exact) mass is 485 g/mol. The molecule has 0 spiro atoms. The lowest BCUT2D eigenvalue weighted by atomic mass is 9.94. The van der Waals surface area contributed by atoms with Crippen LogP contribution in [0, 0.1) is 6.92 Å². The molecule has 1 saturated carbocycles. The molecule has 1 aliphatic heterocycles. The second-order valence-electron chi connectivity index (χ2n) is 8.39. The molecule has 33 heavy (non-hydrogen) atoms. The van der Waals surface area contributed by atoms with Crippen LogP contribution in [0.2, 0.25) is 5.02 Å². The van der Waals surface area contributed by atoms with E-state index in [1.54, 1.807) is 24.3 Å². The lowest BCUT2D eigenvalue weighted by molar-refractivity contribution is -0.140. The van der Waals surface area contributed by atoms with Gasteiger partial charge < -0.3 is 10.6 Å². The van der Waals surface area contributed by atoms with E-state index in [0.29, 0.717) is 16.3 Å². The van der Waals surface area contributed by atoms with E-state index in [2.05, 4.69) is 10.6 Å². The summed E-state index contributed by atoms with van der Waals surface area (Å²) in [5, 5.41) is 6.34. The Morgan fingerprint density at radius 1 is 1.03 bits per heavy atom. The van der Waals surface area contributed by atoms with Crippen LogP contribution >= 0.6 is 23.2 Å². The number of nitrogens with zero attached hydrogens (tertiary/aromatic N) is 1. The Bertz CT molecular complexity index is 1140. The van der Waals surface area contributed by atoms with Gasteiger partial charge in [0.1, 0.15) is 10.7 Å². The first-order chi connectivity index (χ1) is 15.9. The molecule has 0 saturated heterocycles. The van der Waals surface area contributed by atoms with Crippen LogP contribution in [0.1, 0.15) is 53.6 Å². The quantitative estimate of drug-likeness (QED) is 0.555. The molecule has 2 aliphatic rings. The number of anilines is 1. The Labute approximate surface area is 202 Å². The summed E-state index contributed by atoms with van der Waals surface area (Å²) in [6.45, 7) is 2.14. The van der Waals surface area contributed by atoms with Gasteiger partial charge in [0.2, 0.25) is 0 Å². The van der Waals surface area contributed by atoms with Crippen molar-refractivity contribution in [3.05, 3.63) is 74.9 Å². The Hall–Kier alpha value is -2.83. The van der Waals surface area contributed by atoms with Gasteiger partial charge in [0.15, 0.2) is 0 Å². The van der Waals surface area contributed by atoms with Crippen molar-refractivity contribution in [2.75, 3.05) is 5.32 Å². The molecular formula is C25H25Cl2N3O3. The van der Waals surface area contributed by atoms with E-state index in [4.69, 9.17) is 23.2 Å². The summed E-state index contributed by atoms with van der Waals surface area (Å²) in [5.74, 6) is -1.15. The lowest BCUT2D eigenvalue weighted by Gasteiger charge is -2.29. The third kappa shape index (κ3) is 4.92. The number of halogens is 2. The molecule has 2 N–H and O–H groups in total. The van der Waals surface area contributed by atoms with Crippen molar-refractivity contribution >= 4 is 46.6 Å². The summed E-state index contributed by atoms with van der Waals surface area (Å²) < 4.78 is 0. The van der Waals surface area contributed by atoms with Crippen LogP contribution in [0.15, 0.2) is 53.2 Å². The second-order valence-corrected chi connectivity index (χ2v) is 9.18. The summed E-state index contributed by atoms with van der Waals surface area (Å²) in [6.07, 6.45) is 4.70. The SMILES string of the molecule is Cc1ccc(C(=O)NCc2ccccc2Cl)cc1NC1=C(Cl)C(=O)N(C2CCCCC2)C1=O. The van der Waals surface area contributed by atoms with E-state index in [0.717, 1.165) is 43.2 Å². The van der Waals surface area contributed by atoms with Crippen LogP contribution in [0.5, 0.6) is 0 Å². The minimum absolute atomic E-state index is 0.0592. The average Bonchev–Trinajstić information content (AvgIpc) is 3.03. The molecule has 3 amide bonds. The number of aryl methyl sites for hydroxylation is 1. The zero-order valence-electron chi connectivity index (χ0n) is 18.3. The fourth-order valence-corrected chi connectivity index (χ4v) is 4.67. The number of benzene rings is 2. The largest absolute Gasteiger partial charge is 0.349 e. The Morgan fingerprint density at radius 2 is 1.76 bits per heavy atom. The van der Waals surface area contributed by atoms with E-state index < -0.39 is 11.8 Å². The van der Waals surface area contributed by atoms with Gasteiger partial charge in [-0.1, -0.05) is 66.7 Å². The Morgan fingerprint density at radius 3 is 2.48 bits per heavy atom. The van der Waals surface area contributed by atoms with E-state index in [-0.39, 0.29) is 29.2 Å². The van der Waals surface area contributed by atoms with Gasteiger partial charge in [0.05, 0.1) is 0 Å². The topological polar surface area (TPSA) is 78.5 Å². The third-order valence-electron chi connectivity index (χ3n) is 6.16. The number of carbonyl (C=O) groups excluding carboxylic acids is 3. The standard InChI is InChI=1S/C25H25Cl2N3O3/c1-15-11-12-16(23(31)28-14-17-7-5-6-10-19(17)26)13-20(15)29-22-21(27)24(32)30(25(22)33)18-8-3-2-4-9-18/h5-7,10-13,18,29H,2-4,8-9,14H2,1H3,(H,28,31). The fourth-order valence-electron chi connectivity index (χ4n) is 4.25. The van der Waals surface area contributed by atoms with Crippen LogP contribution in [0.25, 0.3) is 0 Å². The van der Waals surface area contributed by atoms with Crippen molar-refractivity contribution in [2.45, 2.75) is 51.6 Å². The van der Waals surface area contributed by atoms with E-state index >= 15 is 0 Å². The predicted octanol–water partition coefficient (Wildman–Crippen LogP) is 5.14. The summed E-state index contributed by atoms with van der Waals surface area (Å²) >= 11 is 12.4. The van der Waals surface area contributed by atoms with Crippen LogP contribution in [-0.4, -0.2) is 28.7 Å². The van der Waals surface area contributed by atoms with Gasteiger partial charge in [-0.3, -0.25) is 19.3 Å². The smallest absolute Gasteiger partial charge is 0.279 e. The van der Waals surface area contributed by atoms with Crippen molar-refractivity contribution in [3.63, 3.8) is 0 Å². The minimum atomic E-state index is -0.456. The number of hydrogen-bond acceptors (Lipinski definition) is 4. The summed E-state index contributed by atoms with van der Waals surface area (Å²) in [4.78, 5) is 39.8. The molecule has 1 aliphatic carbocycles. The summed E-state index contributed by atoms with van der Waals surface area (Å²) in [6, 6.07) is 12.3. The Kier molecular flexibility index (Phi) is 7.05. The van der Waals surface area contributed by atoms with Gasteiger partial charge in [0.25, 0.3) is 17.7 Å². The van der Waals surface area contributed by atoms with E-state index in [9.17, 15) is 14.4 Å². The molecular weight excluding hydrogens is 461 g/mol. The zero-order chi connectivity index (χ0) is 23.5. The van der Waals surface area contributed by atoms with Gasteiger partial charge in [-0.25, -0.2) is 0 Å². The van der Waals surface area contributed by atoms with Crippen molar-refractivity contribution in [2.24, 2.45) is 0 Å². The molecule has 4 rings (SSSR count). The normalized spacial score (nSPS) is 17.0. The number of carbonyl (C=O) groups is 3. The summed E-state index contributed by atoms with van der Waals surface area (Å²) in [7, 11) is 0. The highest BCUT2D eigenvalue weighted by Crippen LogP contribution is 2.33. The first-order valence-corrected chi connectivity index (χ1v) is 11.8. The maximum absolute atomic E-state index is 13.1. The number of rotatable bonds is 6. The van der Waals surface area contributed by atoms with Crippen LogP contribution in [-0.2, 0) is 16.1 Å². The highest BCUT2D eigenvalue weighted by atomic mass is 35.5. The predicted molar refractivity (Wildman–Crippen MR) is 129 cm³/mol. The molecule has 0 bridgehead atoms. The third-order valence-corrected chi connectivity index (χ3v) is 6.87. The number of hydrogen-bond donors (Lipinski definition) is 2. The second kappa shape index (κ2) is 9.98. The molecule has 8 heteroatoms. The first kappa shape index (κ1) is 23.3.